The molecule has 0 heterocycles. The smallest absolute Gasteiger partial charge is 0.150 e. The molecule has 0 aliphatic rings. The molecular weight excluding hydrogens is 296 g/mol. The van der Waals surface area contributed by atoms with E-state index in [1.54, 1.807) is 18.2 Å². The van der Waals surface area contributed by atoms with Crippen molar-refractivity contribution in [2.24, 2.45) is 0 Å². The lowest BCUT2D eigenvalue weighted by molar-refractivity contribution is 0.266. The Bertz CT molecular complexity index is 456. The number of hydrogen-bond donors (Lipinski definition) is 1. The summed E-state index contributed by atoms with van der Waals surface area (Å²) in [6, 6.07) is 5.27. The lowest BCUT2D eigenvalue weighted by Gasteiger charge is -2.11. The van der Waals surface area contributed by atoms with Crippen molar-refractivity contribution in [3.8, 4) is 5.75 Å². The number of benzene rings is 1. The van der Waals surface area contributed by atoms with Crippen molar-refractivity contribution in [2.45, 2.75) is 6.61 Å². The summed E-state index contributed by atoms with van der Waals surface area (Å²) in [5, 5.41) is 9.08. The van der Waals surface area contributed by atoms with Gasteiger partial charge in [-0.05, 0) is 22.0 Å². The van der Waals surface area contributed by atoms with E-state index in [1.807, 2.05) is 0 Å². The van der Waals surface area contributed by atoms with Gasteiger partial charge in [-0.25, -0.2) is 8.42 Å². The lowest BCUT2D eigenvalue weighted by Crippen LogP contribution is -2.13. The highest BCUT2D eigenvalue weighted by Gasteiger charge is 2.09. The molecule has 0 aliphatic carbocycles. The molecule has 0 saturated heterocycles. The summed E-state index contributed by atoms with van der Waals surface area (Å²) in [7, 11) is -3.03. The third kappa shape index (κ3) is 4.11. The van der Waals surface area contributed by atoms with Gasteiger partial charge in [0.15, 0.2) is 9.84 Å². The fraction of sp³-hybridized carbons (Fsp3) is 0.400. The van der Waals surface area contributed by atoms with Gasteiger partial charge in [0.05, 0.1) is 16.8 Å². The highest BCUT2D eigenvalue weighted by Crippen LogP contribution is 2.28. The Balaban J connectivity index is 2.73. The zero-order valence-corrected chi connectivity index (χ0v) is 11.2. The maximum atomic E-state index is 10.9. The third-order valence-electron chi connectivity index (χ3n) is 1.92. The number of hydrogen-bond acceptors (Lipinski definition) is 4. The second-order valence-electron chi connectivity index (χ2n) is 3.36. The minimum atomic E-state index is -3.03. The van der Waals surface area contributed by atoms with Gasteiger partial charge in [-0.2, -0.15) is 0 Å². The number of aliphatic hydroxyl groups excluding tert-OH is 1. The van der Waals surface area contributed by atoms with Gasteiger partial charge >= 0.3 is 0 Å². The minimum absolute atomic E-state index is 0.0425. The topological polar surface area (TPSA) is 63.6 Å². The van der Waals surface area contributed by atoms with Gasteiger partial charge in [-0.15, -0.1) is 0 Å². The first-order chi connectivity index (χ1) is 7.44. The average molecular weight is 309 g/mol. The van der Waals surface area contributed by atoms with Crippen molar-refractivity contribution in [3.05, 3.63) is 28.2 Å². The molecule has 0 unspecified atom stereocenters. The van der Waals surface area contributed by atoms with E-state index in [1.165, 1.54) is 0 Å². The van der Waals surface area contributed by atoms with Gasteiger partial charge in [0, 0.05) is 11.8 Å². The molecule has 1 rings (SSSR count). The van der Waals surface area contributed by atoms with Crippen molar-refractivity contribution >= 4 is 25.8 Å². The molecule has 16 heavy (non-hydrogen) atoms. The van der Waals surface area contributed by atoms with Gasteiger partial charge in [-0.3, -0.25) is 0 Å². The number of ether oxygens (including phenoxy) is 1. The highest BCUT2D eigenvalue weighted by molar-refractivity contribution is 9.10. The average Bonchev–Trinajstić information content (AvgIpc) is 2.18. The van der Waals surface area contributed by atoms with Crippen LogP contribution in [0.4, 0.5) is 0 Å². The van der Waals surface area contributed by atoms with Crippen molar-refractivity contribution < 1.29 is 18.3 Å². The van der Waals surface area contributed by atoms with Gasteiger partial charge in [-0.1, -0.05) is 12.1 Å². The van der Waals surface area contributed by atoms with E-state index in [-0.39, 0.29) is 19.0 Å². The molecule has 0 fully saturated rings. The first kappa shape index (κ1) is 13.5. The largest absolute Gasteiger partial charge is 0.491 e. The monoisotopic (exact) mass is 308 g/mol. The summed E-state index contributed by atoms with van der Waals surface area (Å²) >= 11 is 3.28. The van der Waals surface area contributed by atoms with E-state index in [0.29, 0.717) is 15.8 Å². The number of para-hydroxylation sites is 1. The van der Waals surface area contributed by atoms with Crippen LogP contribution in [0.5, 0.6) is 5.75 Å². The molecule has 4 nitrogen and oxygen atoms in total. The number of sulfone groups is 1. The minimum Gasteiger partial charge on any atom is -0.491 e. The van der Waals surface area contributed by atoms with Crippen LogP contribution >= 0.6 is 15.9 Å². The molecule has 0 bridgehead atoms. The molecule has 1 aromatic carbocycles. The molecule has 0 radical (unpaired) electrons. The Kier molecular flexibility index (Phi) is 4.76. The predicted octanol–water partition coefficient (Wildman–Crippen LogP) is 1.36. The Morgan fingerprint density at radius 2 is 2.12 bits per heavy atom. The van der Waals surface area contributed by atoms with Crippen molar-refractivity contribution in [3.63, 3.8) is 0 Å². The van der Waals surface area contributed by atoms with Gasteiger partial charge in [0.1, 0.15) is 12.4 Å². The normalized spacial score (nSPS) is 11.4. The molecule has 0 atom stereocenters. The maximum Gasteiger partial charge on any atom is 0.150 e. The number of halogens is 1. The van der Waals surface area contributed by atoms with Crippen LogP contribution in [0.2, 0.25) is 0 Å². The third-order valence-corrected chi connectivity index (χ3v) is 3.45. The molecule has 1 aromatic rings. The van der Waals surface area contributed by atoms with Crippen LogP contribution in [0.3, 0.4) is 0 Å². The number of rotatable bonds is 5. The van der Waals surface area contributed by atoms with E-state index in [9.17, 15) is 8.42 Å². The van der Waals surface area contributed by atoms with Crippen molar-refractivity contribution in [1.82, 2.24) is 0 Å². The van der Waals surface area contributed by atoms with Gasteiger partial charge < -0.3 is 9.84 Å². The van der Waals surface area contributed by atoms with Crippen LogP contribution in [0.1, 0.15) is 5.56 Å². The summed E-state index contributed by atoms with van der Waals surface area (Å²) in [6.45, 7) is -0.0674. The standard InChI is InChI=1S/C10H13BrO4S/c1-16(13,14)6-5-15-10-8(7-12)3-2-4-9(10)11/h2-4,12H,5-7H2,1H3. The Morgan fingerprint density at radius 1 is 1.44 bits per heavy atom. The fourth-order valence-electron chi connectivity index (χ4n) is 1.13. The Morgan fingerprint density at radius 3 is 2.69 bits per heavy atom. The van der Waals surface area contributed by atoms with Crippen LogP contribution in [0, 0.1) is 0 Å². The first-order valence-corrected chi connectivity index (χ1v) is 7.48. The van der Waals surface area contributed by atoms with Crippen molar-refractivity contribution in [2.75, 3.05) is 18.6 Å². The molecule has 0 amide bonds. The molecule has 0 aliphatic heterocycles. The number of aliphatic hydroxyl groups is 1. The fourth-order valence-corrected chi connectivity index (χ4v) is 2.04. The van der Waals surface area contributed by atoms with Gasteiger partial charge in [0.2, 0.25) is 0 Å². The SMILES string of the molecule is CS(=O)(=O)CCOc1c(Br)cccc1CO. The zero-order chi connectivity index (χ0) is 12.2. The molecule has 0 saturated carbocycles. The lowest BCUT2D eigenvalue weighted by atomic mass is 10.2. The molecule has 6 heteroatoms. The van der Waals surface area contributed by atoms with Crippen LogP contribution in [0.25, 0.3) is 0 Å². The zero-order valence-electron chi connectivity index (χ0n) is 8.81. The van der Waals surface area contributed by atoms with Crippen LogP contribution in [0.15, 0.2) is 22.7 Å². The van der Waals surface area contributed by atoms with E-state index < -0.39 is 9.84 Å². The summed E-state index contributed by atoms with van der Waals surface area (Å²) in [6.07, 6.45) is 1.16. The van der Waals surface area contributed by atoms with Crippen LogP contribution in [-0.4, -0.2) is 32.1 Å². The van der Waals surface area contributed by atoms with Crippen LogP contribution < -0.4 is 4.74 Å². The molecular formula is C10H13BrO4S. The Labute approximate surface area is 103 Å². The molecule has 1 N–H and O–H groups in total. The van der Waals surface area contributed by atoms with E-state index in [2.05, 4.69) is 15.9 Å². The summed E-state index contributed by atoms with van der Waals surface area (Å²) in [5.41, 5.74) is 0.628. The molecule has 90 valence electrons. The maximum absolute atomic E-state index is 10.9. The predicted molar refractivity (Wildman–Crippen MR) is 65.3 cm³/mol. The molecule has 0 aromatic heterocycles. The quantitative estimate of drug-likeness (QED) is 0.892. The Hall–Kier alpha value is -0.590. The van der Waals surface area contributed by atoms with Crippen LogP contribution in [-0.2, 0) is 16.4 Å². The first-order valence-electron chi connectivity index (χ1n) is 4.63. The second-order valence-corrected chi connectivity index (χ2v) is 6.48. The van der Waals surface area contributed by atoms with Crippen molar-refractivity contribution in [1.29, 1.82) is 0 Å². The second kappa shape index (κ2) is 5.65. The highest BCUT2D eigenvalue weighted by atomic mass is 79.9. The van der Waals surface area contributed by atoms with E-state index in [4.69, 9.17) is 9.84 Å². The van der Waals surface area contributed by atoms with Gasteiger partial charge in [0.25, 0.3) is 0 Å². The summed E-state index contributed by atoms with van der Waals surface area (Å²) in [4.78, 5) is 0. The molecule has 0 spiro atoms. The van der Waals surface area contributed by atoms with E-state index in [0.717, 1.165) is 6.26 Å². The van der Waals surface area contributed by atoms with E-state index >= 15 is 0 Å². The summed E-state index contributed by atoms with van der Waals surface area (Å²) in [5.74, 6) is 0.452. The summed E-state index contributed by atoms with van der Waals surface area (Å²) < 4.78 is 27.9.